The molecule has 0 aliphatic heterocycles. The van der Waals surface area contributed by atoms with Gasteiger partial charge in [-0.2, -0.15) is 0 Å². The van der Waals surface area contributed by atoms with Gasteiger partial charge in [0.05, 0.1) is 16.1 Å². The van der Waals surface area contributed by atoms with Crippen LogP contribution in [0.15, 0.2) is 18.3 Å². The van der Waals surface area contributed by atoms with E-state index in [1.54, 1.807) is 12.3 Å². The number of nitrogens with one attached hydrogen (secondary N) is 1. The molecule has 0 saturated heterocycles. The minimum Gasteiger partial charge on any atom is -0.382 e. The van der Waals surface area contributed by atoms with E-state index in [-0.39, 0.29) is 0 Å². The maximum Gasteiger partial charge on any atom is 0.143 e. The Bertz CT molecular complexity index is 357. The van der Waals surface area contributed by atoms with E-state index in [9.17, 15) is 0 Å². The topological polar surface area (TPSA) is 54.7 Å². The number of hydrogen-bond donors (Lipinski definition) is 2. The van der Waals surface area contributed by atoms with Crippen molar-refractivity contribution in [3.05, 3.63) is 23.4 Å². The van der Waals surface area contributed by atoms with Gasteiger partial charge >= 0.3 is 0 Å². The summed E-state index contributed by atoms with van der Waals surface area (Å²) in [6.07, 6.45) is 1.80. The van der Waals surface area contributed by atoms with Crippen LogP contribution in [0.2, 0.25) is 5.02 Å². The van der Waals surface area contributed by atoms with E-state index in [1.165, 1.54) is 0 Å². The SMILES string of the molecule is Nc1nc2cc[nH]c2cc1Cl. The van der Waals surface area contributed by atoms with E-state index in [2.05, 4.69) is 9.97 Å². The Morgan fingerprint density at radius 1 is 1.55 bits per heavy atom. The lowest BCUT2D eigenvalue weighted by molar-refractivity contribution is 1.41. The number of aromatic amines is 1. The molecule has 0 amide bonds. The number of anilines is 1. The smallest absolute Gasteiger partial charge is 0.143 e. The molecular weight excluding hydrogens is 162 g/mol. The van der Waals surface area contributed by atoms with Gasteiger partial charge < -0.3 is 10.7 Å². The first-order chi connectivity index (χ1) is 5.27. The van der Waals surface area contributed by atoms with Gasteiger partial charge in [-0.1, -0.05) is 11.6 Å². The van der Waals surface area contributed by atoms with Crippen molar-refractivity contribution in [3.63, 3.8) is 0 Å². The molecule has 4 heteroatoms. The number of rotatable bonds is 0. The summed E-state index contributed by atoms with van der Waals surface area (Å²) in [6.45, 7) is 0. The van der Waals surface area contributed by atoms with E-state index in [0.29, 0.717) is 10.8 Å². The van der Waals surface area contributed by atoms with Crippen molar-refractivity contribution in [1.29, 1.82) is 0 Å². The van der Waals surface area contributed by atoms with Crippen molar-refractivity contribution in [2.24, 2.45) is 0 Å². The zero-order valence-electron chi connectivity index (χ0n) is 5.63. The molecule has 56 valence electrons. The van der Waals surface area contributed by atoms with Crippen LogP contribution in [0, 0.1) is 0 Å². The number of pyridine rings is 1. The Hall–Kier alpha value is -1.22. The molecule has 2 rings (SSSR count). The molecule has 11 heavy (non-hydrogen) atoms. The van der Waals surface area contributed by atoms with Crippen molar-refractivity contribution >= 4 is 28.5 Å². The summed E-state index contributed by atoms with van der Waals surface area (Å²) in [7, 11) is 0. The number of fused-ring (bicyclic) bond motifs is 1. The quantitative estimate of drug-likeness (QED) is 0.629. The number of H-pyrrole nitrogens is 1. The highest BCUT2D eigenvalue weighted by Gasteiger charge is 2.00. The van der Waals surface area contributed by atoms with Crippen LogP contribution in [0.1, 0.15) is 0 Å². The van der Waals surface area contributed by atoms with E-state index < -0.39 is 0 Å². The minimum atomic E-state index is 0.374. The second-order valence-corrected chi connectivity index (χ2v) is 2.67. The predicted octanol–water partition coefficient (Wildman–Crippen LogP) is 1.80. The third-order valence-electron chi connectivity index (χ3n) is 1.51. The zero-order chi connectivity index (χ0) is 7.84. The molecule has 2 aromatic rings. The molecule has 0 spiro atoms. The predicted molar refractivity (Wildman–Crippen MR) is 45.5 cm³/mol. The molecule has 0 aliphatic carbocycles. The lowest BCUT2D eigenvalue weighted by Gasteiger charge is -1.95. The van der Waals surface area contributed by atoms with E-state index in [1.807, 2.05) is 6.07 Å². The molecule has 0 bridgehead atoms. The average molecular weight is 168 g/mol. The molecule has 0 saturated carbocycles. The molecule has 0 aromatic carbocycles. The second-order valence-electron chi connectivity index (χ2n) is 2.27. The Labute approximate surface area is 68.2 Å². The molecule has 3 nitrogen and oxygen atoms in total. The molecule has 2 aromatic heterocycles. The minimum absolute atomic E-state index is 0.374. The first-order valence-corrected chi connectivity index (χ1v) is 3.54. The first-order valence-electron chi connectivity index (χ1n) is 3.16. The van der Waals surface area contributed by atoms with Gasteiger partial charge in [0, 0.05) is 6.20 Å². The largest absolute Gasteiger partial charge is 0.382 e. The maximum atomic E-state index is 5.74. The summed E-state index contributed by atoms with van der Waals surface area (Å²) in [4.78, 5) is 7.03. The number of hydrogen-bond acceptors (Lipinski definition) is 2. The van der Waals surface area contributed by atoms with Crippen LogP contribution in [0.5, 0.6) is 0 Å². The third kappa shape index (κ3) is 0.935. The third-order valence-corrected chi connectivity index (χ3v) is 1.82. The summed E-state index contributed by atoms with van der Waals surface area (Å²) in [5.74, 6) is 0.374. The van der Waals surface area contributed by atoms with Crippen molar-refractivity contribution in [1.82, 2.24) is 9.97 Å². The molecule has 0 atom stereocenters. The van der Waals surface area contributed by atoms with Gasteiger partial charge in [0.1, 0.15) is 5.82 Å². The molecular formula is C7H6ClN3. The molecule has 2 heterocycles. The number of nitrogens with zero attached hydrogens (tertiary/aromatic N) is 1. The van der Waals surface area contributed by atoms with Crippen LogP contribution in [-0.2, 0) is 0 Å². The van der Waals surface area contributed by atoms with Gasteiger partial charge in [-0.15, -0.1) is 0 Å². The maximum absolute atomic E-state index is 5.74. The van der Waals surface area contributed by atoms with Crippen molar-refractivity contribution in [2.75, 3.05) is 5.73 Å². The second kappa shape index (κ2) is 2.13. The zero-order valence-corrected chi connectivity index (χ0v) is 6.39. The molecule has 0 aliphatic rings. The monoisotopic (exact) mass is 167 g/mol. The summed E-state index contributed by atoms with van der Waals surface area (Å²) in [5.41, 5.74) is 7.23. The molecule has 0 unspecified atom stereocenters. The van der Waals surface area contributed by atoms with Crippen LogP contribution in [0.3, 0.4) is 0 Å². The molecule has 3 N–H and O–H groups in total. The van der Waals surface area contributed by atoms with Crippen LogP contribution in [0.4, 0.5) is 5.82 Å². The van der Waals surface area contributed by atoms with E-state index in [4.69, 9.17) is 17.3 Å². The average Bonchev–Trinajstić information content (AvgIpc) is 2.36. The Morgan fingerprint density at radius 2 is 2.36 bits per heavy atom. The highest BCUT2D eigenvalue weighted by Crippen LogP contribution is 2.20. The van der Waals surface area contributed by atoms with Gasteiger partial charge in [0.25, 0.3) is 0 Å². The van der Waals surface area contributed by atoms with E-state index >= 15 is 0 Å². The Kier molecular flexibility index (Phi) is 1.26. The van der Waals surface area contributed by atoms with Crippen LogP contribution < -0.4 is 5.73 Å². The van der Waals surface area contributed by atoms with Gasteiger partial charge in [0.15, 0.2) is 0 Å². The van der Waals surface area contributed by atoms with Gasteiger partial charge in [-0.05, 0) is 12.1 Å². The van der Waals surface area contributed by atoms with Crippen molar-refractivity contribution < 1.29 is 0 Å². The van der Waals surface area contributed by atoms with Crippen molar-refractivity contribution in [2.45, 2.75) is 0 Å². The molecule has 0 fully saturated rings. The fourth-order valence-electron chi connectivity index (χ4n) is 0.971. The van der Waals surface area contributed by atoms with Gasteiger partial charge in [-0.3, -0.25) is 0 Å². The van der Waals surface area contributed by atoms with Gasteiger partial charge in [0.2, 0.25) is 0 Å². The van der Waals surface area contributed by atoms with Crippen molar-refractivity contribution in [3.8, 4) is 0 Å². The van der Waals surface area contributed by atoms with Crippen LogP contribution in [0.25, 0.3) is 11.0 Å². The van der Waals surface area contributed by atoms with E-state index in [0.717, 1.165) is 11.0 Å². The lowest BCUT2D eigenvalue weighted by atomic mass is 10.4. The summed E-state index contributed by atoms with van der Waals surface area (Å²) >= 11 is 5.74. The Balaban J connectivity index is 2.86. The first kappa shape index (κ1) is 6.49. The highest BCUT2D eigenvalue weighted by molar-refractivity contribution is 6.33. The number of aromatic nitrogens is 2. The normalized spacial score (nSPS) is 10.6. The van der Waals surface area contributed by atoms with Gasteiger partial charge in [-0.25, -0.2) is 4.98 Å². The molecule has 0 radical (unpaired) electrons. The van der Waals surface area contributed by atoms with Crippen LogP contribution in [-0.4, -0.2) is 9.97 Å². The summed E-state index contributed by atoms with van der Waals surface area (Å²) in [6, 6.07) is 3.61. The summed E-state index contributed by atoms with van der Waals surface area (Å²) in [5, 5.41) is 0.486. The lowest BCUT2D eigenvalue weighted by Crippen LogP contribution is -1.90. The summed E-state index contributed by atoms with van der Waals surface area (Å²) < 4.78 is 0. The number of nitrogen functional groups attached to an aromatic ring is 1. The Morgan fingerprint density at radius 3 is 3.18 bits per heavy atom. The number of nitrogens with two attached hydrogens (primary N) is 1. The fourth-order valence-corrected chi connectivity index (χ4v) is 1.12. The van der Waals surface area contributed by atoms with Crippen LogP contribution >= 0.6 is 11.6 Å². The highest BCUT2D eigenvalue weighted by atomic mass is 35.5. The fraction of sp³-hybridized carbons (Fsp3) is 0. The standard InChI is InChI=1S/C7H6ClN3/c8-4-3-6-5(1-2-10-6)11-7(4)9/h1-3,10H,(H2,9,11). The number of halogens is 1.